The molecule has 1 unspecified atom stereocenters. The van der Waals surface area contributed by atoms with Gasteiger partial charge in [-0.25, -0.2) is 0 Å². The number of aromatic amines is 1. The van der Waals surface area contributed by atoms with Crippen LogP contribution in [0.25, 0.3) is 10.9 Å². The number of fused-ring (bicyclic) bond motifs is 6. The minimum Gasteiger partial charge on any atom is -0.462 e. The number of nitrogens with zero attached hydrogens (tertiary/aromatic N) is 1. The van der Waals surface area contributed by atoms with Crippen LogP contribution < -0.4 is 43.0 Å². The molecule has 4 heterocycles. The van der Waals surface area contributed by atoms with E-state index in [2.05, 4.69) is 42.2 Å². The van der Waals surface area contributed by atoms with Crippen molar-refractivity contribution in [3.05, 3.63) is 29.8 Å². The van der Waals surface area contributed by atoms with Crippen LogP contribution >= 0.6 is 11.8 Å². The second kappa shape index (κ2) is 23.1. The summed E-state index contributed by atoms with van der Waals surface area (Å²) in [5, 5.41) is 19.2. The summed E-state index contributed by atoms with van der Waals surface area (Å²) in [6.45, 7) is 5.10. The highest BCUT2D eigenvalue weighted by Crippen LogP contribution is 2.32. The van der Waals surface area contributed by atoms with Crippen LogP contribution in [0.4, 0.5) is 0 Å². The summed E-state index contributed by atoms with van der Waals surface area (Å²) in [5.74, 6) is -11.8. The third kappa shape index (κ3) is 13.7. The first-order chi connectivity index (χ1) is 31.8. The molecule has 1 fully saturated rings. The van der Waals surface area contributed by atoms with Gasteiger partial charge in [0.2, 0.25) is 53.2 Å². The molecule has 1 aromatic carbocycles. The van der Waals surface area contributed by atoms with Crippen LogP contribution in [-0.2, 0) is 68.6 Å². The Morgan fingerprint density at radius 1 is 0.806 bits per heavy atom. The van der Waals surface area contributed by atoms with Crippen molar-refractivity contribution in [2.24, 2.45) is 23.5 Å². The minimum absolute atomic E-state index is 0.0245. The van der Waals surface area contributed by atoms with Gasteiger partial charge in [-0.15, -0.1) is 11.8 Å². The van der Waals surface area contributed by atoms with Gasteiger partial charge in [-0.2, -0.15) is 0 Å². The van der Waals surface area contributed by atoms with E-state index in [-0.39, 0.29) is 31.7 Å². The van der Waals surface area contributed by atoms with Gasteiger partial charge in [0.15, 0.2) is 0 Å². The molecule has 4 bridgehead atoms. The second-order valence-electron chi connectivity index (χ2n) is 16.8. The summed E-state index contributed by atoms with van der Waals surface area (Å²) in [6, 6.07) is -0.294. The van der Waals surface area contributed by atoms with Crippen molar-refractivity contribution in [1.29, 1.82) is 0 Å². The Kier molecular flexibility index (Phi) is 17.7. The largest absolute Gasteiger partial charge is 0.462 e. The standard InChI is InChI=1S/C43H58N10O13S/c1-6-20(2)35-40(62)46-15-33(57)47-30-19-67-42-26(25-9-7-8-10-27(25)50-42)13-28(38(60)45-16-34(58)51-35)48-41(63)36(21(3)31(66-23(5)55)18-65-22(4)54)52-37(59)24-11-12-53(17-24)43(64)29(14-32(44)56)49-39(30)61/h7-10,20-21,24,28-31,35-36,50H,6,11-19H2,1-5H3,(H2,44,56)(H,45,60)(H,46,62)(H,47,57)(H,48,63)(H,49,61)(H,51,58)(H,52,59)/t20-,21-,24+,28+,29?,30-,31-,35-,36-/m0/s1. The van der Waals surface area contributed by atoms with Crippen LogP contribution in [0, 0.1) is 17.8 Å². The number of para-hydroxylation sites is 1. The SMILES string of the molecule is CC[C@H](C)[C@@H]1NC(=O)CNC(=O)[C@H]2Cc3c([nH]c4ccccc34)SC[C@H](NC(=O)CNC1=O)C(=O)NC(CC(N)=O)C(=O)N1CC[C@H](C1)C(=O)N[C@@H]([C@@H](C)[C@H](COC(C)=O)OC(C)=O)C(=O)N2. The van der Waals surface area contributed by atoms with E-state index in [0.717, 1.165) is 25.6 Å². The smallest absolute Gasteiger partial charge is 0.303 e. The summed E-state index contributed by atoms with van der Waals surface area (Å²) in [7, 11) is 0. The highest BCUT2D eigenvalue weighted by Gasteiger charge is 2.42. The van der Waals surface area contributed by atoms with Gasteiger partial charge in [0, 0.05) is 55.9 Å². The van der Waals surface area contributed by atoms with E-state index in [1.807, 2.05) is 0 Å². The predicted octanol–water partition coefficient (Wildman–Crippen LogP) is -2.61. The van der Waals surface area contributed by atoms with E-state index < -0.39 is 145 Å². The van der Waals surface area contributed by atoms with Crippen LogP contribution in [0.3, 0.4) is 0 Å². The van der Waals surface area contributed by atoms with Gasteiger partial charge in [0.05, 0.1) is 30.5 Å². The third-order valence-corrected chi connectivity index (χ3v) is 13.0. The van der Waals surface area contributed by atoms with Crippen molar-refractivity contribution < 1.29 is 62.2 Å². The molecule has 2 aromatic rings. The highest BCUT2D eigenvalue weighted by molar-refractivity contribution is 7.99. The fraction of sp³-hybridized carbons (Fsp3) is 0.558. The molecule has 0 radical (unpaired) electrons. The maximum Gasteiger partial charge on any atom is 0.303 e. The monoisotopic (exact) mass is 954 g/mol. The first-order valence-corrected chi connectivity index (χ1v) is 22.9. The maximum atomic E-state index is 14.8. The molecule has 1 aromatic heterocycles. The molecule has 9 atom stereocenters. The molecule has 9 amide bonds. The Hall–Kier alpha value is -6.72. The van der Waals surface area contributed by atoms with Crippen LogP contribution in [-0.4, -0.2) is 150 Å². The fourth-order valence-corrected chi connectivity index (χ4v) is 9.08. The molecular formula is C43H58N10O13S. The first kappa shape index (κ1) is 51.3. The Morgan fingerprint density at radius 3 is 2.16 bits per heavy atom. The van der Waals surface area contributed by atoms with Crippen molar-refractivity contribution >= 4 is 87.8 Å². The van der Waals surface area contributed by atoms with E-state index in [1.165, 1.54) is 11.8 Å². The Bertz CT molecular complexity index is 2270. The number of rotatable bonds is 9. The molecule has 3 aliphatic rings. The van der Waals surface area contributed by atoms with E-state index in [4.69, 9.17) is 15.2 Å². The normalized spacial score (nSPS) is 25.3. The Labute approximate surface area is 389 Å². The van der Waals surface area contributed by atoms with Gasteiger partial charge in [-0.3, -0.25) is 52.7 Å². The number of nitrogens with one attached hydrogen (secondary N) is 8. The van der Waals surface area contributed by atoms with Crippen molar-refractivity contribution in [3.8, 4) is 0 Å². The molecule has 10 N–H and O–H groups in total. The summed E-state index contributed by atoms with van der Waals surface area (Å²) in [6.07, 6.45) is -1.75. The Balaban J connectivity index is 1.68. The van der Waals surface area contributed by atoms with Gasteiger partial charge in [-0.05, 0) is 24.0 Å². The number of carbonyl (C=O) groups is 11. The van der Waals surface area contributed by atoms with Gasteiger partial charge in [-0.1, -0.05) is 45.4 Å². The molecule has 364 valence electrons. The van der Waals surface area contributed by atoms with Crippen molar-refractivity contribution in [2.75, 3.05) is 38.5 Å². The lowest BCUT2D eigenvalue weighted by Crippen LogP contribution is -2.59. The second-order valence-corrected chi connectivity index (χ2v) is 17.9. The molecule has 24 heteroatoms. The number of primary amides is 1. The highest BCUT2D eigenvalue weighted by atomic mass is 32.2. The molecule has 0 aliphatic carbocycles. The summed E-state index contributed by atoms with van der Waals surface area (Å²) < 4.78 is 10.6. The van der Waals surface area contributed by atoms with Crippen LogP contribution in [0.15, 0.2) is 29.3 Å². The average molecular weight is 955 g/mol. The van der Waals surface area contributed by atoms with E-state index in [1.54, 1.807) is 38.1 Å². The number of hydrogen-bond donors (Lipinski definition) is 9. The van der Waals surface area contributed by atoms with Crippen LogP contribution in [0.1, 0.15) is 59.4 Å². The van der Waals surface area contributed by atoms with E-state index >= 15 is 0 Å². The number of esters is 2. The summed E-state index contributed by atoms with van der Waals surface area (Å²) in [5.41, 5.74) is 6.57. The van der Waals surface area contributed by atoms with Gasteiger partial charge >= 0.3 is 11.9 Å². The number of aromatic nitrogens is 1. The first-order valence-electron chi connectivity index (χ1n) is 21.9. The molecule has 3 aliphatic heterocycles. The van der Waals surface area contributed by atoms with Crippen LogP contribution in [0.2, 0.25) is 0 Å². The van der Waals surface area contributed by atoms with E-state index in [9.17, 15) is 52.7 Å². The maximum absolute atomic E-state index is 14.8. The molecule has 5 rings (SSSR count). The topological polar surface area (TPSA) is 335 Å². The quantitative estimate of drug-likeness (QED) is 0.116. The van der Waals surface area contributed by atoms with Gasteiger partial charge in [0.25, 0.3) is 0 Å². The molecule has 0 spiro atoms. The molecule has 1 saturated heterocycles. The number of amides is 9. The minimum atomic E-state index is -1.60. The van der Waals surface area contributed by atoms with Crippen molar-refractivity contribution in [2.45, 2.75) is 102 Å². The zero-order chi connectivity index (χ0) is 49.1. The predicted molar refractivity (Wildman–Crippen MR) is 238 cm³/mol. The van der Waals surface area contributed by atoms with Crippen LogP contribution in [0.5, 0.6) is 0 Å². The number of ether oxygens (including phenoxy) is 2. The number of hydrogen-bond acceptors (Lipinski definition) is 14. The van der Waals surface area contributed by atoms with Gasteiger partial charge < -0.3 is 62.3 Å². The van der Waals surface area contributed by atoms with E-state index in [0.29, 0.717) is 27.9 Å². The van der Waals surface area contributed by atoms with Crippen molar-refractivity contribution in [1.82, 2.24) is 47.1 Å². The lowest BCUT2D eigenvalue weighted by Gasteiger charge is -2.32. The lowest BCUT2D eigenvalue weighted by molar-refractivity contribution is -0.161. The number of carbonyl (C=O) groups excluding carboxylic acids is 11. The molecule has 0 saturated carbocycles. The third-order valence-electron chi connectivity index (χ3n) is 11.9. The molecular weight excluding hydrogens is 897 g/mol. The zero-order valence-corrected chi connectivity index (χ0v) is 38.6. The summed E-state index contributed by atoms with van der Waals surface area (Å²) >= 11 is 1.04. The summed E-state index contributed by atoms with van der Waals surface area (Å²) in [4.78, 5) is 153. The zero-order valence-electron chi connectivity index (χ0n) is 37.8. The lowest BCUT2D eigenvalue weighted by atomic mass is 9.93. The number of thioether (sulfide) groups is 1. The molecule has 67 heavy (non-hydrogen) atoms. The fourth-order valence-electron chi connectivity index (χ4n) is 7.96. The van der Waals surface area contributed by atoms with Gasteiger partial charge in [0.1, 0.15) is 42.9 Å². The average Bonchev–Trinajstić information content (AvgIpc) is 3.91. The number of benzene rings is 1. The number of nitrogens with two attached hydrogens (primary N) is 1. The number of H-pyrrole nitrogens is 1. The van der Waals surface area contributed by atoms with Crippen molar-refractivity contribution in [3.63, 3.8) is 0 Å². The molecule has 23 nitrogen and oxygen atoms in total. The Morgan fingerprint density at radius 2 is 1.49 bits per heavy atom.